The maximum atomic E-state index is 13.2. The molecule has 10 nitrogen and oxygen atoms in total. The monoisotopic (exact) mass is 570 g/mol. The number of thiophene rings is 1. The molecular weight excluding hydrogens is 540 g/mol. The Morgan fingerprint density at radius 2 is 1.80 bits per heavy atom. The van der Waals surface area contributed by atoms with Gasteiger partial charge < -0.3 is 25.6 Å². The number of benzene rings is 2. The highest BCUT2D eigenvalue weighted by molar-refractivity contribution is 7.10. The molecule has 0 unspecified atom stereocenters. The second kappa shape index (κ2) is 11.8. The summed E-state index contributed by atoms with van der Waals surface area (Å²) in [7, 11) is 1.69. The number of fused-ring (bicyclic) bond motifs is 1. The fourth-order valence-electron chi connectivity index (χ4n) is 5.21. The van der Waals surface area contributed by atoms with Crippen LogP contribution in [-0.2, 0) is 16.1 Å². The van der Waals surface area contributed by atoms with Crippen molar-refractivity contribution in [2.24, 2.45) is 10.4 Å². The number of hydrogen-bond donors (Lipinski definition) is 3. The van der Waals surface area contributed by atoms with Crippen LogP contribution in [0.3, 0.4) is 0 Å². The second-order valence-corrected chi connectivity index (χ2v) is 11.3. The molecule has 0 bridgehead atoms. The van der Waals surface area contributed by atoms with E-state index < -0.39 is 6.04 Å². The zero-order chi connectivity index (χ0) is 29.0. The molecule has 3 amide bonds. The Labute approximate surface area is 242 Å². The molecule has 0 radical (unpaired) electrons. The molecule has 11 heteroatoms. The average molecular weight is 571 g/mol. The van der Waals surface area contributed by atoms with Crippen LogP contribution in [0.5, 0.6) is 11.5 Å². The van der Waals surface area contributed by atoms with Crippen molar-refractivity contribution in [2.45, 2.75) is 38.4 Å². The van der Waals surface area contributed by atoms with Gasteiger partial charge in [0, 0.05) is 34.5 Å². The average Bonchev–Trinajstić information content (AvgIpc) is 3.29. The van der Waals surface area contributed by atoms with E-state index >= 15 is 0 Å². The van der Waals surface area contributed by atoms with Crippen molar-refractivity contribution in [2.75, 3.05) is 13.6 Å². The first-order valence-electron chi connectivity index (χ1n) is 13.2. The summed E-state index contributed by atoms with van der Waals surface area (Å²) >= 11 is 1.45. The molecule has 2 aromatic carbocycles. The maximum absolute atomic E-state index is 13.2. The van der Waals surface area contributed by atoms with E-state index in [0.29, 0.717) is 35.9 Å². The second-order valence-electron chi connectivity index (χ2n) is 10.3. The predicted molar refractivity (Wildman–Crippen MR) is 154 cm³/mol. The fourth-order valence-corrected chi connectivity index (χ4v) is 6.02. The van der Waals surface area contributed by atoms with Gasteiger partial charge in [-0.1, -0.05) is 25.1 Å². The smallest absolute Gasteiger partial charge is 0.251 e. The van der Waals surface area contributed by atoms with Crippen LogP contribution in [0.4, 0.5) is 0 Å². The van der Waals surface area contributed by atoms with Crippen molar-refractivity contribution in [1.82, 2.24) is 20.9 Å². The van der Waals surface area contributed by atoms with Crippen molar-refractivity contribution in [3.8, 4) is 17.7 Å². The van der Waals surface area contributed by atoms with Gasteiger partial charge in [-0.2, -0.15) is 10.3 Å². The standard InChI is InChI=1S/C30H30N6O4S/c1-30-13-24(29(39)33-15-23-12-20(17-41-23)27(32-2)35-18-31)36(25(30)14-30)26(37)16-34-28(38)19-8-10-22(11-9-19)40-21-6-4-3-5-7-21/h3-12,17,24-25H,13-16H2,1-2H3,(H,32,35)(H,33,39)(H,34,38)/t24-,25-,30+/m0/s1. The van der Waals surface area contributed by atoms with Crippen LogP contribution in [0, 0.1) is 16.9 Å². The lowest BCUT2D eigenvalue weighted by Crippen LogP contribution is -2.50. The summed E-state index contributed by atoms with van der Waals surface area (Å²) in [6, 6.07) is 17.3. The third-order valence-corrected chi connectivity index (χ3v) is 8.42. The number of nitrogens with one attached hydrogen (secondary N) is 3. The topological polar surface area (TPSA) is 136 Å². The third-order valence-electron chi connectivity index (χ3n) is 7.48. The molecule has 1 aliphatic carbocycles. The summed E-state index contributed by atoms with van der Waals surface area (Å²) in [5.41, 5.74) is 1.09. The van der Waals surface area contributed by atoms with Crippen LogP contribution >= 0.6 is 11.3 Å². The molecule has 3 N–H and O–H groups in total. The first-order chi connectivity index (χ1) is 19.8. The molecule has 210 valence electrons. The van der Waals surface area contributed by atoms with Crippen molar-refractivity contribution in [3.63, 3.8) is 0 Å². The number of aliphatic imine (C=N–C) groups is 1. The van der Waals surface area contributed by atoms with Gasteiger partial charge in [-0.25, -0.2) is 0 Å². The van der Waals surface area contributed by atoms with Crippen molar-refractivity contribution < 1.29 is 19.1 Å². The van der Waals surface area contributed by atoms with E-state index in [9.17, 15) is 14.4 Å². The third kappa shape index (κ3) is 6.23. The van der Waals surface area contributed by atoms with Gasteiger partial charge >= 0.3 is 0 Å². The van der Waals surface area contributed by atoms with Crippen molar-refractivity contribution in [1.29, 1.82) is 5.26 Å². The number of likely N-dealkylation sites (tertiary alicyclic amines) is 1. The van der Waals surface area contributed by atoms with Crippen LogP contribution in [0.2, 0.25) is 0 Å². The molecule has 0 spiro atoms. The molecule has 2 aliphatic rings. The minimum Gasteiger partial charge on any atom is -0.457 e. The normalized spacial score (nSPS) is 20.9. The number of carbonyl (C=O) groups is 3. The zero-order valence-corrected chi connectivity index (χ0v) is 23.5. The Bertz CT molecular complexity index is 1510. The summed E-state index contributed by atoms with van der Waals surface area (Å²) < 4.78 is 5.76. The lowest BCUT2D eigenvalue weighted by Gasteiger charge is -2.27. The number of carbonyl (C=O) groups excluding carboxylic acids is 3. The summed E-state index contributed by atoms with van der Waals surface area (Å²) in [6.45, 7) is 2.19. The Morgan fingerprint density at radius 3 is 2.51 bits per heavy atom. The Kier molecular flexibility index (Phi) is 8.03. The van der Waals surface area contributed by atoms with Gasteiger partial charge in [0.1, 0.15) is 23.4 Å². The molecule has 1 saturated carbocycles. The van der Waals surface area contributed by atoms with E-state index in [0.717, 1.165) is 16.9 Å². The highest BCUT2D eigenvalue weighted by Gasteiger charge is 2.64. The summed E-state index contributed by atoms with van der Waals surface area (Å²) in [4.78, 5) is 45.5. The lowest BCUT2D eigenvalue weighted by atomic mass is 10.0. The molecule has 1 aromatic heterocycles. The number of amides is 3. The molecule has 2 fully saturated rings. The van der Waals surface area contributed by atoms with Gasteiger partial charge in [0.2, 0.25) is 18.0 Å². The van der Waals surface area contributed by atoms with Crippen LogP contribution in [0.15, 0.2) is 71.0 Å². The number of amidine groups is 1. The van der Waals surface area contributed by atoms with Crippen LogP contribution < -0.4 is 20.7 Å². The molecule has 2 heterocycles. The first-order valence-corrected chi connectivity index (χ1v) is 14.1. The van der Waals surface area contributed by atoms with Crippen molar-refractivity contribution >= 4 is 34.9 Å². The number of piperidine rings is 1. The Hall–Kier alpha value is -4.69. The number of rotatable bonds is 9. The molecule has 41 heavy (non-hydrogen) atoms. The summed E-state index contributed by atoms with van der Waals surface area (Å²) in [6.07, 6.45) is 3.20. The van der Waals surface area contributed by atoms with Gasteiger partial charge in [-0.3, -0.25) is 14.4 Å². The lowest BCUT2D eigenvalue weighted by molar-refractivity contribution is -0.139. The minimum absolute atomic E-state index is 0.00853. The van der Waals surface area contributed by atoms with Crippen LogP contribution in [0.1, 0.15) is 40.6 Å². The molecule has 1 saturated heterocycles. The van der Waals surface area contributed by atoms with Gasteiger partial charge in [0.05, 0.1) is 13.1 Å². The summed E-state index contributed by atoms with van der Waals surface area (Å²) in [5, 5.41) is 19.2. The Morgan fingerprint density at radius 1 is 1.07 bits per heavy atom. The number of ether oxygens (including phenoxy) is 1. The molecule has 3 aromatic rings. The number of hydrogen-bond acceptors (Lipinski definition) is 7. The molecule has 1 aliphatic heterocycles. The van der Waals surface area contributed by atoms with E-state index in [-0.39, 0.29) is 35.7 Å². The van der Waals surface area contributed by atoms with Gasteiger partial charge in [0.25, 0.3) is 5.91 Å². The highest BCUT2D eigenvalue weighted by Crippen LogP contribution is 2.59. The Balaban J connectivity index is 1.15. The molecule has 3 atom stereocenters. The quantitative estimate of drug-likeness (QED) is 0.205. The molecular formula is C30H30N6O4S. The maximum Gasteiger partial charge on any atom is 0.251 e. The van der Waals surface area contributed by atoms with E-state index in [1.165, 1.54) is 11.3 Å². The predicted octanol–water partition coefficient (Wildman–Crippen LogP) is 3.41. The highest BCUT2D eigenvalue weighted by atomic mass is 32.1. The molecule has 5 rings (SSSR count). The summed E-state index contributed by atoms with van der Waals surface area (Å²) in [5.74, 6) is 0.872. The zero-order valence-electron chi connectivity index (χ0n) is 22.7. The number of nitriles is 1. The van der Waals surface area contributed by atoms with E-state index in [4.69, 9.17) is 10.00 Å². The SMILES string of the molecule is CN/C(=N/C#N)c1csc(CNC(=O)[C@@H]2C[C@]3(C)C[C@@H]3N2C(=O)CNC(=O)c2ccc(Oc3ccccc3)cc2)c1. The number of para-hydroxylation sites is 1. The van der Waals surface area contributed by atoms with E-state index in [1.807, 2.05) is 41.8 Å². The minimum atomic E-state index is -0.593. The van der Waals surface area contributed by atoms with Gasteiger partial charge in [-0.05, 0) is 60.7 Å². The van der Waals surface area contributed by atoms with Crippen LogP contribution in [0.25, 0.3) is 0 Å². The van der Waals surface area contributed by atoms with E-state index in [1.54, 1.807) is 42.4 Å². The van der Waals surface area contributed by atoms with Crippen molar-refractivity contribution in [3.05, 3.63) is 82.0 Å². The largest absolute Gasteiger partial charge is 0.457 e. The fraction of sp³-hybridized carbons (Fsp3) is 0.300. The van der Waals surface area contributed by atoms with E-state index in [2.05, 4.69) is 27.9 Å². The van der Waals surface area contributed by atoms with Gasteiger partial charge in [-0.15, -0.1) is 11.3 Å². The number of nitrogens with zero attached hydrogens (tertiary/aromatic N) is 3. The van der Waals surface area contributed by atoms with Crippen LogP contribution in [-0.4, -0.2) is 54.1 Å². The first kappa shape index (κ1) is 27.9. The van der Waals surface area contributed by atoms with Gasteiger partial charge in [0.15, 0.2) is 0 Å².